The highest BCUT2D eigenvalue weighted by molar-refractivity contribution is 5.96. The summed E-state index contributed by atoms with van der Waals surface area (Å²) in [5, 5.41) is 11.4. The van der Waals surface area contributed by atoms with Crippen LogP contribution in [0, 0.1) is 0 Å². The molecular weight excluding hydrogens is 274 g/mol. The average Bonchev–Trinajstić information content (AvgIpc) is 2.36. The summed E-state index contributed by atoms with van der Waals surface area (Å²) in [6.45, 7) is 5.69. The molecule has 0 aromatic heterocycles. The largest absolute Gasteiger partial charge is 0.488 e. The Morgan fingerprint density at radius 1 is 1.24 bits per heavy atom. The molecule has 0 fully saturated rings. The summed E-state index contributed by atoms with van der Waals surface area (Å²) in [5.74, 6) is -0.967. The molecule has 1 amide bonds. The highest BCUT2D eigenvalue weighted by atomic mass is 16.5. The van der Waals surface area contributed by atoms with Crippen LogP contribution in [0.5, 0.6) is 5.75 Å². The van der Waals surface area contributed by atoms with Crippen molar-refractivity contribution in [1.82, 2.24) is 5.32 Å². The Morgan fingerprint density at radius 2 is 1.81 bits per heavy atom. The molecule has 0 saturated carbocycles. The molecule has 1 rings (SSSR count). The van der Waals surface area contributed by atoms with E-state index >= 15 is 0 Å². The number of methoxy groups -OCH3 is 1. The Bertz CT molecular complexity index is 490. The average molecular weight is 295 g/mol. The van der Waals surface area contributed by atoms with Crippen LogP contribution < -0.4 is 10.1 Å². The second-order valence-electron chi connectivity index (χ2n) is 5.56. The summed E-state index contributed by atoms with van der Waals surface area (Å²) >= 11 is 0. The van der Waals surface area contributed by atoms with Gasteiger partial charge in [-0.2, -0.15) is 0 Å². The smallest absolute Gasteiger partial charge is 0.328 e. The Morgan fingerprint density at radius 3 is 2.24 bits per heavy atom. The summed E-state index contributed by atoms with van der Waals surface area (Å²) < 4.78 is 10.4. The van der Waals surface area contributed by atoms with Crippen molar-refractivity contribution < 1.29 is 24.2 Å². The zero-order valence-electron chi connectivity index (χ0n) is 12.7. The fourth-order valence-corrected chi connectivity index (χ4v) is 1.61. The van der Waals surface area contributed by atoms with E-state index in [4.69, 9.17) is 14.6 Å². The van der Waals surface area contributed by atoms with Crippen LogP contribution in [0.15, 0.2) is 24.3 Å². The van der Waals surface area contributed by atoms with Gasteiger partial charge in [0.15, 0.2) is 6.04 Å². The number of nitrogens with one attached hydrogen (secondary N) is 1. The molecule has 0 bridgehead atoms. The van der Waals surface area contributed by atoms with Crippen molar-refractivity contribution in [2.75, 3.05) is 13.7 Å². The van der Waals surface area contributed by atoms with Crippen LogP contribution in [0.3, 0.4) is 0 Å². The topological polar surface area (TPSA) is 84.9 Å². The first-order valence-corrected chi connectivity index (χ1v) is 6.54. The van der Waals surface area contributed by atoms with Crippen molar-refractivity contribution in [1.29, 1.82) is 0 Å². The second-order valence-corrected chi connectivity index (χ2v) is 5.56. The molecule has 0 aliphatic rings. The molecule has 21 heavy (non-hydrogen) atoms. The third-order valence-electron chi connectivity index (χ3n) is 2.48. The molecule has 0 aliphatic heterocycles. The number of carbonyl (C=O) groups excluding carboxylic acids is 1. The number of carbonyl (C=O) groups is 2. The maximum atomic E-state index is 12.0. The molecule has 0 heterocycles. The van der Waals surface area contributed by atoms with Gasteiger partial charge in [0.1, 0.15) is 11.4 Å². The summed E-state index contributed by atoms with van der Waals surface area (Å²) in [6.07, 6.45) is 0. The molecule has 6 nitrogen and oxygen atoms in total. The van der Waals surface area contributed by atoms with E-state index in [0.29, 0.717) is 11.3 Å². The number of aliphatic carboxylic acids is 1. The fraction of sp³-hybridized carbons (Fsp3) is 0.467. The van der Waals surface area contributed by atoms with E-state index in [-0.39, 0.29) is 12.2 Å². The van der Waals surface area contributed by atoms with E-state index in [1.54, 1.807) is 24.3 Å². The SMILES string of the molecule is COCC(NC(=O)c1ccc(OC(C)(C)C)cc1)C(=O)O. The van der Waals surface area contributed by atoms with Crippen molar-refractivity contribution in [2.45, 2.75) is 32.4 Å². The highest BCUT2D eigenvalue weighted by Crippen LogP contribution is 2.18. The lowest BCUT2D eigenvalue weighted by molar-refractivity contribution is -0.140. The van der Waals surface area contributed by atoms with Gasteiger partial charge in [0.25, 0.3) is 5.91 Å². The first kappa shape index (κ1) is 17.0. The van der Waals surface area contributed by atoms with Crippen molar-refractivity contribution in [3.8, 4) is 5.75 Å². The van der Waals surface area contributed by atoms with E-state index in [0.717, 1.165) is 0 Å². The molecule has 1 unspecified atom stereocenters. The van der Waals surface area contributed by atoms with Crippen LogP contribution in [0.25, 0.3) is 0 Å². The molecule has 1 aromatic rings. The number of carboxylic acids is 1. The third-order valence-corrected chi connectivity index (χ3v) is 2.48. The summed E-state index contributed by atoms with van der Waals surface area (Å²) in [7, 11) is 1.38. The number of ether oxygens (including phenoxy) is 2. The van der Waals surface area contributed by atoms with Crippen LogP contribution in [-0.4, -0.2) is 42.3 Å². The molecule has 0 spiro atoms. The zero-order valence-corrected chi connectivity index (χ0v) is 12.7. The molecule has 6 heteroatoms. The van der Waals surface area contributed by atoms with Crippen molar-refractivity contribution in [2.24, 2.45) is 0 Å². The van der Waals surface area contributed by atoms with Crippen molar-refractivity contribution >= 4 is 11.9 Å². The van der Waals surface area contributed by atoms with Gasteiger partial charge in [0.05, 0.1) is 6.61 Å². The molecule has 0 radical (unpaired) electrons. The van der Waals surface area contributed by atoms with Crippen LogP contribution in [0.2, 0.25) is 0 Å². The quantitative estimate of drug-likeness (QED) is 0.834. The van der Waals surface area contributed by atoms with Crippen LogP contribution in [0.1, 0.15) is 31.1 Å². The lowest BCUT2D eigenvalue weighted by atomic mass is 10.1. The number of hydrogen-bond acceptors (Lipinski definition) is 4. The van der Waals surface area contributed by atoms with E-state index in [1.807, 2.05) is 20.8 Å². The molecule has 116 valence electrons. The van der Waals surface area contributed by atoms with E-state index in [1.165, 1.54) is 7.11 Å². The van der Waals surface area contributed by atoms with Crippen LogP contribution >= 0.6 is 0 Å². The lowest BCUT2D eigenvalue weighted by Gasteiger charge is -2.21. The summed E-state index contributed by atoms with van der Waals surface area (Å²) in [4.78, 5) is 22.9. The lowest BCUT2D eigenvalue weighted by Crippen LogP contribution is -2.43. The molecule has 0 aliphatic carbocycles. The van der Waals surface area contributed by atoms with Gasteiger partial charge in [-0.25, -0.2) is 4.79 Å². The normalized spacial score (nSPS) is 12.6. The molecule has 1 aromatic carbocycles. The summed E-state index contributed by atoms with van der Waals surface area (Å²) in [6, 6.07) is 5.44. The van der Waals surface area contributed by atoms with Gasteiger partial charge in [0, 0.05) is 12.7 Å². The van der Waals surface area contributed by atoms with E-state index in [9.17, 15) is 9.59 Å². The van der Waals surface area contributed by atoms with Gasteiger partial charge < -0.3 is 19.9 Å². The van der Waals surface area contributed by atoms with Gasteiger partial charge in [-0.05, 0) is 45.0 Å². The molecular formula is C15H21NO5. The van der Waals surface area contributed by atoms with Gasteiger partial charge in [-0.1, -0.05) is 0 Å². The molecule has 2 N–H and O–H groups in total. The predicted molar refractivity (Wildman–Crippen MR) is 77.6 cm³/mol. The molecule has 0 saturated heterocycles. The van der Waals surface area contributed by atoms with Crippen LogP contribution in [-0.2, 0) is 9.53 Å². The Labute approximate surface area is 124 Å². The Balaban J connectivity index is 2.72. The van der Waals surface area contributed by atoms with E-state index < -0.39 is 17.9 Å². The Kier molecular flexibility index (Phi) is 5.72. The summed E-state index contributed by atoms with van der Waals surface area (Å²) in [5.41, 5.74) is 0.0371. The number of hydrogen-bond donors (Lipinski definition) is 2. The highest BCUT2D eigenvalue weighted by Gasteiger charge is 2.20. The maximum absolute atomic E-state index is 12.0. The zero-order chi connectivity index (χ0) is 16.0. The van der Waals surface area contributed by atoms with Gasteiger partial charge in [-0.3, -0.25) is 4.79 Å². The van der Waals surface area contributed by atoms with Gasteiger partial charge in [0.2, 0.25) is 0 Å². The Hall–Kier alpha value is -2.08. The van der Waals surface area contributed by atoms with Crippen molar-refractivity contribution in [3.05, 3.63) is 29.8 Å². The van der Waals surface area contributed by atoms with E-state index in [2.05, 4.69) is 5.32 Å². The minimum atomic E-state index is -1.14. The number of benzene rings is 1. The fourth-order valence-electron chi connectivity index (χ4n) is 1.61. The standard InChI is InChI=1S/C15H21NO5/c1-15(2,3)21-11-7-5-10(6-8-11)13(17)16-12(9-20-4)14(18)19/h5-8,12H,9H2,1-4H3,(H,16,17)(H,18,19). The number of rotatable bonds is 6. The first-order valence-electron chi connectivity index (χ1n) is 6.54. The second kappa shape index (κ2) is 7.08. The minimum absolute atomic E-state index is 0.0910. The maximum Gasteiger partial charge on any atom is 0.328 e. The van der Waals surface area contributed by atoms with Crippen LogP contribution in [0.4, 0.5) is 0 Å². The molecule has 1 atom stereocenters. The predicted octanol–water partition coefficient (Wildman–Crippen LogP) is 1.69. The minimum Gasteiger partial charge on any atom is -0.488 e. The van der Waals surface area contributed by atoms with Crippen molar-refractivity contribution in [3.63, 3.8) is 0 Å². The first-order chi connectivity index (χ1) is 9.73. The third kappa shape index (κ3) is 5.83. The number of amides is 1. The monoisotopic (exact) mass is 295 g/mol. The van der Waals surface area contributed by atoms with Gasteiger partial charge in [-0.15, -0.1) is 0 Å². The number of carboxylic acid groups (broad SMARTS) is 1. The van der Waals surface area contributed by atoms with Gasteiger partial charge >= 0.3 is 5.97 Å².